The van der Waals surface area contributed by atoms with Gasteiger partial charge < -0.3 is 10.6 Å². The molecule has 1 saturated carbocycles. The minimum Gasteiger partial charge on any atom is -0.353 e. The van der Waals surface area contributed by atoms with E-state index < -0.39 is 0 Å². The largest absolute Gasteiger partial charge is 0.353 e. The summed E-state index contributed by atoms with van der Waals surface area (Å²) in [6.07, 6.45) is 2.36. The lowest BCUT2D eigenvalue weighted by Crippen LogP contribution is -2.65. The molecule has 2 rings (SSSR count). The third kappa shape index (κ3) is 1.57. The van der Waals surface area contributed by atoms with Gasteiger partial charge in [0.2, 0.25) is 5.91 Å². The quantitative estimate of drug-likeness (QED) is 0.653. The molecule has 1 amide bonds. The third-order valence-corrected chi connectivity index (χ3v) is 3.23. The van der Waals surface area contributed by atoms with E-state index in [0.717, 1.165) is 13.1 Å². The Balaban J connectivity index is 1.72. The fourth-order valence-electron chi connectivity index (χ4n) is 2.22. The van der Waals surface area contributed by atoms with Crippen LogP contribution in [-0.2, 0) is 4.79 Å². The SMILES string of the molecule is CC(C)C(=O)NC1CC2(CNC2)C1. The van der Waals surface area contributed by atoms with E-state index in [4.69, 9.17) is 0 Å². The first-order valence-corrected chi connectivity index (χ1v) is 5.12. The van der Waals surface area contributed by atoms with Crippen LogP contribution in [0, 0.1) is 11.3 Å². The van der Waals surface area contributed by atoms with Gasteiger partial charge in [-0.05, 0) is 18.3 Å². The first-order valence-electron chi connectivity index (χ1n) is 5.12. The number of hydrogen-bond acceptors (Lipinski definition) is 2. The average Bonchev–Trinajstić information content (AvgIpc) is 1.90. The van der Waals surface area contributed by atoms with Gasteiger partial charge in [0.05, 0.1) is 0 Å². The van der Waals surface area contributed by atoms with E-state index >= 15 is 0 Å². The second-order valence-electron chi connectivity index (χ2n) is 4.87. The van der Waals surface area contributed by atoms with Crippen molar-refractivity contribution in [3.8, 4) is 0 Å². The van der Waals surface area contributed by atoms with Gasteiger partial charge in [0, 0.05) is 25.0 Å². The highest BCUT2D eigenvalue weighted by Gasteiger charge is 2.48. The van der Waals surface area contributed by atoms with E-state index in [1.54, 1.807) is 0 Å². The molecule has 1 aliphatic heterocycles. The average molecular weight is 182 g/mol. The second kappa shape index (κ2) is 2.98. The van der Waals surface area contributed by atoms with Gasteiger partial charge in [-0.25, -0.2) is 0 Å². The minimum atomic E-state index is 0.121. The number of nitrogens with one attached hydrogen (secondary N) is 2. The Bertz CT molecular complexity index is 213. The van der Waals surface area contributed by atoms with Crippen molar-refractivity contribution >= 4 is 5.91 Å². The minimum absolute atomic E-state index is 0.121. The molecule has 0 aromatic rings. The summed E-state index contributed by atoms with van der Waals surface area (Å²) in [5.41, 5.74) is 0.564. The smallest absolute Gasteiger partial charge is 0.222 e. The van der Waals surface area contributed by atoms with Crippen molar-refractivity contribution in [1.82, 2.24) is 10.6 Å². The number of rotatable bonds is 2. The molecule has 2 N–H and O–H groups in total. The Morgan fingerprint density at radius 1 is 1.46 bits per heavy atom. The number of carbonyl (C=O) groups excluding carboxylic acids is 1. The van der Waals surface area contributed by atoms with Gasteiger partial charge in [-0.3, -0.25) is 4.79 Å². The molecule has 13 heavy (non-hydrogen) atoms. The van der Waals surface area contributed by atoms with E-state index in [0.29, 0.717) is 11.5 Å². The lowest BCUT2D eigenvalue weighted by molar-refractivity contribution is -0.126. The first kappa shape index (κ1) is 9.00. The third-order valence-electron chi connectivity index (χ3n) is 3.23. The first-order chi connectivity index (χ1) is 6.11. The maximum atomic E-state index is 11.3. The molecule has 2 fully saturated rings. The highest BCUT2D eigenvalue weighted by molar-refractivity contribution is 5.78. The molecule has 3 nitrogen and oxygen atoms in total. The van der Waals surface area contributed by atoms with Crippen molar-refractivity contribution in [1.29, 1.82) is 0 Å². The van der Waals surface area contributed by atoms with Crippen LogP contribution in [0.25, 0.3) is 0 Å². The Morgan fingerprint density at radius 2 is 2.08 bits per heavy atom. The molecule has 1 heterocycles. The van der Waals surface area contributed by atoms with E-state index in [-0.39, 0.29) is 11.8 Å². The summed E-state index contributed by atoms with van der Waals surface area (Å²) in [6, 6.07) is 0.456. The Kier molecular flexibility index (Phi) is 2.06. The maximum Gasteiger partial charge on any atom is 0.222 e. The van der Waals surface area contributed by atoms with Gasteiger partial charge in [-0.15, -0.1) is 0 Å². The van der Waals surface area contributed by atoms with Crippen molar-refractivity contribution in [2.24, 2.45) is 11.3 Å². The van der Waals surface area contributed by atoms with E-state index in [2.05, 4.69) is 10.6 Å². The van der Waals surface area contributed by atoms with Crippen LogP contribution in [0.2, 0.25) is 0 Å². The van der Waals surface area contributed by atoms with Crippen LogP contribution in [0.15, 0.2) is 0 Å². The highest BCUT2D eigenvalue weighted by atomic mass is 16.1. The molecule has 1 aliphatic carbocycles. The lowest BCUT2D eigenvalue weighted by atomic mass is 9.61. The van der Waals surface area contributed by atoms with Crippen LogP contribution in [0.3, 0.4) is 0 Å². The van der Waals surface area contributed by atoms with Gasteiger partial charge in [0.15, 0.2) is 0 Å². The molecule has 0 aromatic heterocycles. The van der Waals surface area contributed by atoms with Crippen molar-refractivity contribution in [3.63, 3.8) is 0 Å². The molecule has 74 valence electrons. The molecule has 2 aliphatic rings. The molecule has 1 spiro atoms. The van der Waals surface area contributed by atoms with Gasteiger partial charge in [0.1, 0.15) is 0 Å². The fraction of sp³-hybridized carbons (Fsp3) is 0.900. The summed E-state index contributed by atoms with van der Waals surface area (Å²) in [5, 5.41) is 6.36. The molecule has 3 heteroatoms. The molecule has 0 radical (unpaired) electrons. The Morgan fingerprint density at radius 3 is 2.46 bits per heavy atom. The summed E-state index contributed by atoms with van der Waals surface area (Å²) in [5.74, 6) is 0.322. The molecular weight excluding hydrogens is 164 g/mol. The lowest BCUT2D eigenvalue weighted by Gasteiger charge is -2.54. The topological polar surface area (TPSA) is 41.1 Å². The summed E-state index contributed by atoms with van der Waals surface area (Å²) in [4.78, 5) is 11.3. The fourth-order valence-corrected chi connectivity index (χ4v) is 2.22. The molecular formula is C10H18N2O. The zero-order valence-electron chi connectivity index (χ0n) is 8.39. The molecule has 1 saturated heterocycles. The van der Waals surface area contributed by atoms with Crippen molar-refractivity contribution in [3.05, 3.63) is 0 Å². The van der Waals surface area contributed by atoms with Gasteiger partial charge in [-0.2, -0.15) is 0 Å². The second-order valence-corrected chi connectivity index (χ2v) is 4.87. The van der Waals surface area contributed by atoms with Crippen LogP contribution in [0.1, 0.15) is 26.7 Å². The van der Waals surface area contributed by atoms with Gasteiger partial charge in [-0.1, -0.05) is 13.8 Å². The van der Waals surface area contributed by atoms with Crippen molar-refractivity contribution in [2.75, 3.05) is 13.1 Å². The van der Waals surface area contributed by atoms with Crippen molar-refractivity contribution in [2.45, 2.75) is 32.7 Å². The molecule has 0 aromatic carbocycles. The highest BCUT2D eigenvalue weighted by Crippen LogP contribution is 2.44. The van der Waals surface area contributed by atoms with E-state index in [1.165, 1.54) is 12.8 Å². The summed E-state index contributed by atoms with van der Waals surface area (Å²) in [6.45, 7) is 6.19. The Hall–Kier alpha value is -0.570. The van der Waals surface area contributed by atoms with Crippen LogP contribution >= 0.6 is 0 Å². The number of hydrogen-bond donors (Lipinski definition) is 2. The predicted octanol–water partition coefficient (Wildman–Crippen LogP) is 0.511. The van der Waals surface area contributed by atoms with E-state index in [1.807, 2.05) is 13.8 Å². The molecule has 0 bridgehead atoms. The zero-order valence-corrected chi connectivity index (χ0v) is 8.39. The van der Waals surface area contributed by atoms with E-state index in [9.17, 15) is 4.79 Å². The summed E-state index contributed by atoms with van der Waals surface area (Å²) < 4.78 is 0. The Labute approximate surface area is 79.3 Å². The molecule has 0 unspecified atom stereocenters. The maximum absolute atomic E-state index is 11.3. The van der Waals surface area contributed by atoms with Gasteiger partial charge in [0.25, 0.3) is 0 Å². The monoisotopic (exact) mass is 182 g/mol. The van der Waals surface area contributed by atoms with Crippen molar-refractivity contribution < 1.29 is 4.79 Å². The summed E-state index contributed by atoms with van der Waals surface area (Å²) >= 11 is 0. The standard InChI is InChI=1S/C10H18N2O/c1-7(2)9(13)12-8-3-10(4-8)5-11-6-10/h7-8,11H,3-6H2,1-2H3,(H,12,13). The number of amides is 1. The normalized spacial score (nSPS) is 25.5. The molecule has 0 atom stereocenters. The van der Waals surface area contributed by atoms with Crippen LogP contribution in [0.5, 0.6) is 0 Å². The van der Waals surface area contributed by atoms with Gasteiger partial charge >= 0.3 is 0 Å². The summed E-state index contributed by atoms with van der Waals surface area (Å²) in [7, 11) is 0. The predicted molar refractivity (Wildman–Crippen MR) is 51.3 cm³/mol. The zero-order chi connectivity index (χ0) is 9.47. The van der Waals surface area contributed by atoms with Crippen LogP contribution in [-0.4, -0.2) is 25.0 Å². The van der Waals surface area contributed by atoms with Crippen LogP contribution in [0.4, 0.5) is 0 Å². The number of carbonyl (C=O) groups is 1. The van der Waals surface area contributed by atoms with Crippen LogP contribution < -0.4 is 10.6 Å².